The van der Waals surface area contributed by atoms with Gasteiger partial charge in [0.25, 0.3) is 0 Å². The molecule has 0 bridgehead atoms. The quantitative estimate of drug-likeness (QED) is 0.163. The van der Waals surface area contributed by atoms with E-state index in [1.54, 1.807) is 0 Å². The molecule has 0 spiro atoms. The van der Waals surface area contributed by atoms with Gasteiger partial charge in [-0.25, -0.2) is 0 Å². The van der Waals surface area contributed by atoms with Crippen LogP contribution in [0.1, 0.15) is 60.6 Å². The Hall–Kier alpha value is -6.70. The van der Waals surface area contributed by atoms with Crippen LogP contribution in [0.2, 0.25) is 0 Å². The molecule has 0 aromatic heterocycles. The van der Waals surface area contributed by atoms with Crippen molar-refractivity contribution in [3.63, 3.8) is 0 Å². The smallest absolute Gasteiger partial charge is 0.0465 e. The Morgan fingerprint density at radius 3 is 1.67 bits per heavy atom. The average Bonchev–Trinajstić information content (AvgIpc) is 3.49. The molecule has 296 valence electrons. The summed E-state index contributed by atoms with van der Waals surface area (Å²) in [7, 11) is 0. The lowest BCUT2D eigenvalue weighted by Gasteiger charge is -2.28. The third-order valence-corrected chi connectivity index (χ3v) is 11.9. The molecule has 0 fully saturated rings. The van der Waals surface area contributed by atoms with E-state index in [0.29, 0.717) is 0 Å². The van der Waals surface area contributed by atoms with Crippen LogP contribution >= 0.6 is 0 Å². The molecule has 0 heterocycles. The molecular formula is C59H55N. The van der Waals surface area contributed by atoms with Crippen molar-refractivity contribution >= 4 is 38.6 Å². The summed E-state index contributed by atoms with van der Waals surface area (Å²) in [4.78, 5) is 2.39. The standard InChI is InChI=1S/C39H33N.C11H10.C9H12/c1-26-9-7-12-31(23-26)40(30-18-16-29(17-19-30)34-14-8-11-28-10-5-6-13-33(28)34)32-20-22-36-35-21-15-27(2)24-37(35)39(3,4)38(36)25-32;1-9-5-4-7-10-6-2-3-8-11(9)10;1-2-6-9-7-4-3-5-8-9/h5-25H,1-4H3;2-8H,1H3;3-5,7-8H,2,6H2,1H3. The number of aryl methyl sites for hydroxylation is 4. The number of benzene rings is 9. The van der Waals surface area contributed by atoms with Gasteiger partial charge >= 0.3 is 0 Å². The molecule has 0 radical (unpaired) electrons. The molecule has 1 aliphatic rings. The van der Waals surface area contributed by atoms with E-state index in [2.05, 4.69) is 247 Å². The lowest BCUT2D eigenvalue weighted by Crippen LogP contribution is -2.16. The van der Waals surface area contributed by atoms with E-state index in [1.165, 1.54) is 101 Å². The Labute approximate surface area is 357 Å². The van der Waals surface area contributed by atoms with Crippen LogP contribution < -0.4 is 4.90 Å². The van der Waals surface area contributed by atoms with Gasteiger partial charge in [-0.3, -0.25) is 0 Å². The van der Waals surface area contributed by atoms with E-state index in [0.717, 1.165) is 5.69 Å². The van der Waals surface area contributed by atoms with E-state index in [-0.39, 0.29) is 5.41 Å². The molecular weight excluding hydrogens is 723 g/mol. The van der Waals surface area contributed by atoms with Crippen LogP contribution in [-0.4, -0.2) is 0 Å². The SMILES string of the molecule is CCCc1ccccc1.Cc1cccc(N(c2ccc(-c3cccc4ccccc34)cc2)c2ccc3c(c2)C(C)(C)c2cc(C)ccc2-3)c1.Cc1cccc2ccccc12. The van der Waals surface area contributed by atoms with E-state index < -0.39 is 0 Å². The molecule has 1 heteroatoms. The zero-order chi connectivity index (χ0) is 41.6. The Morgan fingerprint density at radius 2 is 0.967 bits per heavy atom. The summed E-state index contributed by atoms with van der Waals surface area (Å²) in [5, 5.41) is 5.23. The molecule has 0 amide bonds. The van der Waals surface area contributed by atoms with Crippen molar-refractivity contribution < 1.29 is 0 Å². The highest BCUT2D eigenvalue weighted by molar-refractivity contribution is 5.97. The number of rotatable bonds is 6. The Balaban J connectivity index is 0.000000203. The van der Waals surface area contributed by atoms with Crippen LogP contribution in [0.3, 0.4) is 0 Å². The molecule has 9 aromatic carbocycles. The van der Waals surface area contributed by atoms with Gasteiger partial charge in [-0.1, -0.05) is 197 Å². The first kappa shape index (κ1) is 40.1. The highest BCUT2D eigenvalue weighted by Gasteiger charge is 2.36. The van der Waals surface area contributed by atoms with Crippen molar-refractivity contribution in [1.29, 1.82) is 0 Å². The summed E-state index contributed by atoms with van der Waals surface area (Å²) in [6.45, 7) is 13.4. The Morgan fingerprint density at radius 1 is 0.417 bits per heavy atom. The van der Waals surface area contributed by atoms with Crippen LogP contribution in [0.25, 0.3) is 43.8 Å². The molecule has 0 atom stereocenters. The molecule has 0 unspecified atom stereocenters. The van der Waals surface area contributed by atoms with Gasteiger partial charge < -0.3 is 4.90 Å². The van der Waals surface area contributed by atoms with Crippen LogP contribution in [0.5, 0.6) is 0 Å². The zero-order valence-electron chi connectivity index (χ0n) is 35.9. The van der Waals surface area contributed by atoms with E-state index >= 15 is 0 Å². The number of hydrogen-bond acceptors (Lipinski definition) is 1. The van der Waals surface area contributed by atoms with Gasteiger partial charge in [-0.2, -0.15) is 0 Å². The monoisotopic (exact) mass is 777 g/mol. The zero-order valence-corrected chi connectivity index (χ0v) is 35.9. The lowest BCUT2D eigenvalue weighted by molar-refractivity contribution is 0.660. The molecule has 0 saturated carbocycles. The van der Waals surface area contributed by atoms with Crippen molar-refractivity contribution in [1.82, 2.24) is 0 Å². The summed E-state index contributed by atoms with van der Waals surface area (Å²) in [5.74, 6) is 0. The maximum atomic E-state index is 2.41. The van der Waals surface area contributed by atoms with Crippen molar-refractivity contribution in [2.45, 2.75) is 59.8 Å². The highest BCUT2D eigenvalue weighted by Crippen LogP contribution is 2.51. The molecule has 0 saturated heterocycles. The van der Waals surface area contributed by atoms with Crippen molar-refractivity contribution in [3.05, 3.63) is 234 Å². The van der Waals surface area contributed by atoms with Gasteiger partial charge in [0.1, 0.15) is 0 Å². The number of nitrogens with zero attached hydrogens (tertiary/aromatic N) is 1. The minimum absolute atomic E-state index is 0.0524. The summed E-state index contributed by atoms with van der Waals surface area (Å²) in [6, 6.07) is 72.3. The molecule has 10 rings (SSSR count). The summed E-state index contributed by atoms with van der Waals surface area (Å²) in [6.07, 6.45) is 2.45. The van der Waals surface area contributed by atoms with Crippen LogP contribution in [0.4, 0.5) is 17.1 Å². The number of fused-ring (bicyclic) bond motifs is 5. The fourth-order valence-corrected chi connectivity index (χ4v) is 8.78. The second-order valence-corrected chi connectivity index (χ2v) is 16.7. The van der Waals surface area contributed by atoms with E-state index in [1.807, 2.05) is 0 Å². The molecule has 9 aromatic rings. The third kappa shape index (κ3) is 8.40. The first-order valence-corrected chi connectivity index (χ1v) is 21.4. The minimum atomic E-state index is -0.0524. The Bertz CT molecular complexity index is 2870. The topological polar surface area (TPSA) is 3.24 Å². The van der Waals surface area contributed by atoms with Crippen LogP contribution in [-0.2, 0) is 11.8 Å². The number of anilines is 3. The average molecular weight is 778 g/mol. The molecule has 0 aliphatic heterocycles. The molecule has 1 nitrogen and oxygen atoms in total. The van der Waals surface area contributed by atoms with Gasteiger partial charge in [-0.15, -0.1) is 0 Å². The van der Waals surface area contributed by atoms with Gasteiger partial charge in [-0.05, 0) is 135 Å². The van der Waals surface area contributed by atoms with Gasteiger partial charge in [0, 0.05) is 22.5 Å². The summed E-state index contributed by atoms with van der Waals surface area (Å²) < 4.78 is 0. The van der Waals surface area contributed by atoms with Crippen LogP contribution in [0, 0.1) is 20.8 Å². The predicted octanol–water partition coefficient (Wildman–Crippen LogP) is 16.7. The summed E-state index contributed by atoms with van der Waals surface area (Å²) in [5.41, 5.74) is 16.8. The third-order valence-electron chi connectivity index (χ3n) is 11.9. The molecule has 0 N–H and O–H groups in total. The molecule has 60 heavy (non-hydrogen) atoms. The second kappa shape index (κ2) is 17.7. The minimum Gasteiger partial charge on any atom is -0.310 e. The fourth-order valence-electron chi connectivity index (χ4n) is 8.78. The van der Waals surface area contributed by atoms with Crippen LogP contribution in [0.15, 0.2) is 200 Å². The maximum Gasteiger partial charge on any atom is 0.0465 e. The first-order chi connectivity index (χ1) is 29.2. The molecule has 1 aliphatic carbocycles. The van der Waals surface area contributed by atoms with Gasteiger partial charge in [0.2, 0.25) is 0 Å². The van der Waals surface area contributed by atoms with Gasteiger partial charge in [0.15, 0.2) is 0 Å². The maximum absolute atomic E-state index is 2.41. The second-order valence-electron chi connectivity index (χ2n) is 16.7. The van der Waals surface area contributed by atoms with Crippen molar-refractivity contribution in [3.8, 4) is 22.3 Å². The van der Waals surface area contributed by atoms with E-state index in [4.69, 9.17) is 0 Å². The fraction of sp³-hybridized carbons (Fsp3) is 0.153. The normalized spacial score (nSPS) is 12.1. The lowest BCUT2D eigenvalue weighted by atomic mass is 9.82. The van der Waals surface area contributed by atoms with Crippen molar-refractivity contribution in [2.24, 2.45) is 0 Å². The predicted molar refractivity (Wildman–Crippen MR) is 260 cm³/mol. The van der Waals surface area contributed by atoms with Gasteiger partial charge in [0.05, 0.1) is 0 Å². The largest absolute Gasteiger partial charge is 0.310 e. The van der Waals surface area contributed by atoms with E-state index in [9.17, 15) is 0 Å². The number of hydrogen-bond donors (Lipinski definition) is 0. The highest BCUT2D eigenvalue weighted by atomic mass is 15.1. The van der Waals surface area contributed by atoms with Crippen molar-refractivity contribution in [2.75, 3.05) is 4.90 Å². The first-order valence-electron chi connectivity index (χ1n) is 21.4. The Kier molecular flexibility index (Phi) is 11.8. The summed E-state index contributed by atoms with van der Waals surface area (Å²) >= 11 is 0.